The van der Waals surface area contributed by atoms with Crippen molar-refractivity contribution >= 4 is 5.96 Å². The molecule has 3 aromatic rings. The average molecular weight is 378 g/mol. The van der Waals surface area contributed by atoms with Crippen LogP contribution >= 0.6 is 0 Å². The van der Waals surface area contributed by atoms with E-state index in [0.717, 1.165) is 31.3 Å². The number of aromatic nitrogens is 3. The highest BCUT2D eigenvalue weighted by atomic mass is 16.3. The van der Waals surface area contributed by atoms with Gasteiger partial charge >= 0.3 is 0 Å². The lowest BCUT2D eigenvalue weighted by Crippen LogP contribution is -2.47. The highest BCUT2D eigenvalue weighted by Crippen LogP contribution is 2.32. The number of guanidine groups is 1. The fraction of sp³-hybridized carbons (Fsp3) is 0.381. The lowest BCUT2D eigenvalue weighted by atomic mass is 9.82. The summed E-state index contributed by atoms with van der Waals surface area (Å²) in [7, 11) is 1.82. The van der Waals surface area contributed by atoms with Crippen molar-refractivity contribution < 1.29 is 4.42 Å². The summed E-state index contributed by atoms with van der Waals surface area (Å²) in [5, 5.41) is 10.6. The van der Waals surface area contributed by atoms with Gasteiger partial charge < -0.3 is 14.6 Å². The smallest absolute Gasteiger partial charge is 0.216 e. The van der Waals surface area contributed by atoms with Crippen molar-refractivity contribution in [2.75, 3.05) is 20.1 Å². The number of furan rings is 1. The van der Waals surface area contributed by atoms with Crippen LogP contribution in [0.4, 0.5) is 0 Å². The summed E-state index contributed by atoms with van der Waals surface area (Å²) in [5.74, 6) is 4.03. The zero-order valence-electron chi connectivity index (χ0n) is 16.3. The first kappa shape index (κ1) is 18.3. The van der Waals surface area contributed by atoms with Gasteiger partial charge in [0.1, 0.15) is 5.82 Å². The predicted molar refractivity (Wildman–Crippen MR) is 109 cm³/mol. The van der Waals surface area contributed by atoms with Gasteiger partial charge in [0.15, 0.2) is 11.7 Å². The Labute approximate surface area is 164 Å². The first-order chi connectivity index (χ1) is 13.7. The van der Waals surface area contributed by atoms with E-state index in [1.54, 1.807) is 6.26 Å². The number of nitrogens with one attached hydrogen (secondary N) is 2. The van der Waals surface area contributed by atoms with Crippen molar-refractivity contribution in [3.63, 3.8) is 0 Å². The molecule has 0 bridgehead atoms. The van der Waals surface area contributed by atoms with Crippen LogP contribution in [0.5, 0.6) is 0 Å². The van der Waals surface area contributed by atoms with Crippen LogP contribution in [0.3, 0.4) is 0 Å². The Morgan fingerprint density at radius 1 is 1.29 bits per heavy atom. The van der Waals surface area contributed by atoms with Crippen LogP contribution in [0.2, 0.25) is 0 Å². The molecule has 2 unspecified atom stereocenters. The molecular weight excluding hydrogens is 352 g/mol. The number of nitrogens with zero attached hydrogens (tertiary/aromatic N) is 4. The van der Waals surface area contributed by atoms with Gasteiger partial charge in [0.25, 0.3) is 0 Å². The van der Waals surface area contributed by atoms with E-state index in [4.69, 9.17) is 4.42 Å². The molecule has 7 heteroatoms. The summed E-state index contributed by atoms with van der Waals surface area (Å²) < 4.78 is 5.34. The maximum absolute atomic E-state index is 5.34. The van der Waals surface area contributed by atoms with E-state index in [9.17, 15) is 0 Å². The Kier molecular flexibility index (Phi) is 5.41. The molecule has 4 rings (SSSR count). The Morgan fingerprint density at radius 2 is 2.14 bits per heavy atom. The third kappa shape index (κ3) is 3.93. The molecular formula is C21H26N6O. The van der Waals surface area contributed by atoms with Crippen LogP contribution in [0.15, 0.2) is 58.1 Å². The first-order valence-electron chi connectivity index (χ1n) is 9.70. The molecule has 0 radical (unpaired) electrons. The van der Waals surface area contributed by atoms with Gasteiger partial charge in [-0.3, -0.25) is 10.1 Å². The number of hydrogen-bond donors (Lipinski definition) is 2. The van der Waals surface area contributed by atoms with E-state index in [2.05, 4.69) is 67.6 Å². The van der Waals surface area contributed by atoms with Gasteiger partial charge in [-0.25, -0.2) is 4.98 Å². The van der Waals surface area contributed by atoms with E-state index in [0.29, 0.717) is 30.0 Å². The third-order valence-corrected chi connectivity index (χ3v) is 5.33. The lowest BCUT2D eigenvalue weighted by Gasteiger charge is -2.38. The molecule has 7 nitrogen and oxygen atoms in total. The molecule has 2 atom stereocenters. The fourth-order valence-electron chi connectivity index (χ4n) is 3.92. The Hall–Kier alpha value is -3.09. The van der Waals surface area contributed by atoms with Gasteiger partial charge in [-0.2, -0.15) is 0 Å². The van der Waals surface area contributed by atoms with Crippen LogP contribution in [0, 0.1) is 5.92 Å². The van der Waals surface area contributed by atoms with Crippen LogP contribution in [-0.2, 0) is 6.54 Å². The number of aromatic amines is 1. The molecule has 1 aliphatic rings. The molecule has 0 aliphatic carbocycles. The summed E-state index contributed by atoms with van der Waals surface area (Å²) in [6.07, 6.45) is 2.74. The molecule has 1 fully saturated rings. The molecule has 146 valence electrons. The maximum atomic E-state index is 5.34. The van der Waals surface area contributed by atoms with Crippen LogP contribution in [0.1, 0.15) is 30.7 Å². The number of piperidine rings is 1. The van der Waals surface area contributed by atoms with Gasteiger partial charge in [-0.1, -0.05) is 37.3 Å². The molecule has 1 saturated heterocycles. The summed E-state index contributed by atoms with van der Waals surface area (Å²) in [6.45, 7) is 4.82. The molecule has 2 N–H and O–H groups in total. The monoisotopic (exact) mass is 378 g/mol. The third-order valence-electron chi connectivity index (χ3n) is 5.33. The maximum Gasteiger partial charge on any atom is 0.216 e. The standard InChI is InChI=1S/C21H26N6O/c1-15-14-27(11-10-17(15)16-7-4-3-5-8-16)21(22-2)23-13-19-24-20(26-25-19)18-9-6-12-28-18/h3-9,12,15,17H,10-11,13-14H2,1-2H3,(H,22,23)(H,24,25,26). The van der Waals surface area contributed by atoms with Crippen molar-refractivity contribution in [2.45, 2.75) is 25.8 Å². The van der Waals surface area contributed by atoms with Gasteiger partial charge in [0.05, 0.1) is 12.8 Å². The van der Waals surface area contributed by atoms with E-state index in [1.165, 1.54) is 5.56 Å². The zero-order valence-corrected chi connectivity index (χ0v) is 16.3. The number of benzene rings is 1. The Morgan fingerprint density at radius 3 is 2.86 bits per heavy atom. The fourth-order valence-corrected chi connectivity index (χ4v) is 3.92. The van der Waals surface area contributed by atoms with Crippen LogP contribution in [0.25, 0.3) is 11.6 Å². The largest absolute Gasteiger partial charge is 0.461 e. The van der Waals surface area contributed by atoms with E-state index < -0.39 is 0 Å². The number of likely N-dealkylation sites (tertiary alicyclic amines) is 1. The molecule has 1 aliphatic heterocycles. The van der Waals surface area contributed by atoms with Gasteiger partial charge in [0, 0.05) is 20.1 Å². The predicted octanol–water partition coefficient (Wildman–Crippen LogP) is 3.27. The second-order valence-corrected chi connectivity index (χ2v) is 7.21. The van der Waals surface area contributed by atoms with E-state index in [1.807, 2.05) is 19.2 Å². The minimum Gasteiger partial charge on any atom is -0.461 e. The van der Waals surface area contributed by atoms with E-state index in [-0.39, 0.29) is 0 Å². The number of rotatable bonds is 4. The number of H-pyrrole nitrogens is 1. The van der Waals surface area contributed by atoms with Crippen LogP contribution < -0.4 is 5.32 Å². The van der Waals surface area contributed by atoms with Crippen molar-refractivity contribution in [2.24, 2.45) is 10.9 Å². The van der Waals surface area contributed by atoms with Gasteiger partial charge in [-0.15, -0.1) is 5.10 Å². The normalized spacial score (nSPS) is 20.4. The van der Waals surface area contributed by atoms with E-state index >= 15 is 0 Å². The average Bonchev–Trinajstić information content (AvgIpc) is 3.41. The van der Waals surface area contributed by atoms with Crippen molar-refractivity contribution in [1.29, 1.82) is 0 Å². The second-order valence-electron chi connectivity index (χ2n) is 7.21. The Balaban J connectivity index is 1.35. The quantitative estimate of drug-likeness (QED) is 0.538. The molecule has 0 saturated carbocycles. The minimum absolute atomic E-state index is 0.535. The molecule has 0 amide bonds. The zero-order chi connectivity index (χ0) is 19.3. The molecule has 1 aromatic carbocycles. The number of hydrogen-bond acceptors (Lipinski definition) is 4. The summed E-state index contributed by atoms with van der Waals surface area (Å²) in [5.41, 5.74) is 1.43. The molecule has 28 heavy (non-hydrogen) atoms. The SMILES string of the molecule is CN=C(NCc1nc(-c2ccco2)n[nH]1)N1CCC(c2ccccc2)C(C)C1. The summed E-state index contributed by atoms with van der Waals surface area (Å²) >= 11 is 0. The van der Waals surface area contributed by atoms with Crippen LogP contribution in [-0.4, -0.2) is 46.2 Å². The summed E-state index contributed by atoms with van der Waals surface area (Å²) in [6, 6.07) is 14.5. The number of aliphatic imine (C=N–C) groups is 1. The minimum atomic E-state index is 0.535. The molecule has 3 heterocycles. The first-order valence-corrected chi connectivity index (χ1v) is 9.70. The molecule has 2 aromatic heterocycles. The topological polar surface area (TPSA) is 82.3 Å². The lowest BCUT2D eigenvalue weighted by molar-refractivity contribution is 0.234. The van der Waals surface area contributed by atoms with Gasteiger partial charge in [0.2, 0.25) is 5.82 Å². The van der Waals surface area contributed by atoms with Crippen molar-refractivity contribution in [3.8, 4) is 11.6 Å². The highest BCUT2D eigenvalue weighted by Gasteiger charge is 2.28. The van der Waals surface area contributed by atoms with Crippen molar-refractivity contribution in [1.82, 2.24) is 25.4 Å². The Bertz CT molecular complexity index is 902. The van der Waals surface area contributed by atoms with Crippen molar-refractivity contribution in [3.05, 3.63) is 60.1 Å². The molecule has 0 spiro atoms. The second kappa shape index (κ2) is 8.29. The van der Waals surface area contributed by atoms with Gasteiger partial charge in [-0.05, 0) is 36.0 Å². The summed E-state index contributed by atoms with van der Waals surface area (Å²) in [4.78, 5) is 11.3. The highest BCUT2D eigenvalue weighted by molar-refractivity contribution is 5.80.